The fraction of sp³-hybridized carbons (Fsp3) is 0.111. The molecule has 0 fully saturated rings. The van der Waals surface area contributed by atoms with Crippen LogP contribution in [0.3, 0.4) is 0 Å². The largest absolute Gasteiger partial charge is 0.478 e. The van der Waals surface area contributed by atoms with E-state index in [9.17, 15) is 4.79 Å². The van der Waals surface area contributed by atoms with Gasteiger partial charge in [-0.15, -0.1) is 0 Å². The molecule has 1 heterocycles. The standard InChI is InChI=1S/C9H7IN4O3/c1-14-9(11-12-13-14)17-7-4-5(8(15)16)2-3-6(7)10/h2-4H,1H3,(H,15,16). The molecular formula is C9H7IN4O3. The summed E-state index contributed by atoms with van der Waals surface area (Å²) in [5, 5.41) is 19.6. The Hall–Kier alpha value is -1.71. The number of nitrogens with zero attached hydrogens (tertiary/aromatic N) is 4. The van der Waals surface area contributed by atoms with Crippen LogP contribution in [0.25, 0.3) is 0 Å². The second-order valence-corrected chi connectivity index (χ2v) is 4.30. The number of aryl methyl sites for hydroxylation is 1. The van der Waals surface area contributed by atoms with E-state index < -0.39 is 5.97 Å². The molecule has 0 aliphatic rings. The first-order chi connectivity index (χ1) is 8.08. The highest BCUT2D eigenvalue weighted by molar-refractivity contribution is 14.1. The third kappa shape index (κ3) is 2.52. The Balaban J connectivity index is 2.35. The summed E-state index contributed by atoms with van der Waals surface area (Å²) in [6.45, 7) is 0. The Morgan fingerprint density at radius 2 is 2.29 bits per heavy atom. The molecule has 88 valence electrons. The van der Waals surface area contributed by atoms with Gasteiger partial charge in [0.05, 0.1) is 9.13 Å². The number of ether oxygens (including phenoxy) is 1. The second kappa shape index (κ2) is 4.65. The molecular weight excluding hydrogens is 339 g/mol. The van der Waals surface area contributed by atoms with Crippen molar-refractivity contribution in [2.75, 3.05) is 0 Å². The second-order valence-electron chi connectivity index (χ2n) is 3.14. The SMILES string of the molecule is Cn1nnnc1Oc1cc(C(=O)O)ccc1I. The van der Waals surface area contributed by atoms with E-state index >= 15 is 0 Å². The molecule has 0 aliphatic carbocycles. The van der Waals surface area contributed by atoms with Gasteiger partial charge < -0.3 is 9.84 Å². The molecule has 0 unspecified atom stereocenters. The van der Waals surface area contributed by atoms with Gasteiger partial charge in [-0.1, -0.05) is 5.10 Å². The van der Waals surface area contributed by atoms with Crippen molar-refractivity contribution in [1.29, 1.82) is 0 Å². The van der Waals surface area contributed by atoms with Gasteiger partial charge in [0.1, 0.15) is 5.75 Å². The molecule has 0 amide bonds. The van der Waals surface area contributed by atoms with Crippen LogP contribution in [0.1, 0.15) is 10.4 Å². The van der Waals surface area contributed by atoms with Crippen molar-refractivity contribution in [3.8, 4) is 11.8 Å². The van der Waals surface area contributed by atoms with Crippen molar-refractivity contribution in [3.63, 3.8) is 0 Å². The third-order valence-electron chi connectivity index (χ3n) is 1.96. The van der Waals surface area contributed by atoms with Gasteiger partial charge in [0.25, 0.3) is 0 Å². The molecule has 17 heavy (non-hydrogen) atoms. The molecule has 8 heteroatoms. The fourth-order valence-electron chi connectivity index (χ4n) is 1.12. The quantitative estimate of drug-likeness (QED) is 0.843. The Morgan fingerprint density at radius 1 is 1.53 bits per heavy atom. The number of carbonyl (C=O) groups is 1. The summed E-state index contributed by atoms with van der Waals surface area (Å²) in [5.74, 6) is -0.606. The van der Waals surface area contributed by atoms with Crippen LogP contribution in [0.15, 0.2) is 18.2 Å². The highest BCUT2D eigenvalue weighted by Gasteiger charge is 2.11. The van der Waals surface area contributed by atoms with Gasteiger partial charge in [0.15, 0.2) is 0 Å². The van der Waals surface area contributed by atoms with Gasteiger partial charge in [-0.3, -0.25) is 0 Å². The van der Waals surface area contributed by atoms with Crippen LogP contribution in [0, 0.1) is 3.57 Å². The number of hydrogen-bond donors (Lipinski definition) is 1. The van der Waals surface area contributed by atoms with Crippen molar-refractivity contribution in [2.24, 2.45) is 7.05 Å². The maximum absolute atomic E-state index is 10.8. The molecule has 1 aromatic heterocycles. The molecule has 0 atom stereocenters. The molecule has 0 radical (unpaired) electrons. The zero-order chi connectivity index (χ0) is 12.4. The number of carboxylic acids is 1. The molecule has 2 rings (SSSR count). The molecule has 0 saturated carbocycles. The summed E-state index contributed by atoms with van der Waals surface area (Å²) in [6.07, 6.45) is 0. The average molecular weight is 346 g/mol. The smallest absolute Gasteiger partial charge is 0.340 e. The summed E-state index contributed by atoms with van der Waals surface area (Å²) in [6, 6.07) is 4.79. The van der Waals surface area contributed by atoms with Crippen LogP contribution in [-0.4, -0.2) is 31.3 Å². The van der Waals surface area contributed by atoms with E-state index in [4.69, 9.17) is 9.84 Å². The molecule has 0 aliphatic heterocycles. The number of halogens is 1. The average Bonchev–Trinajstić information content (AvgIpc) is 2.67. The van der Waals surface area contributed by atoms with E-state index in [1.54, 1.807) is 13.1 Å². The predicted molar refractivity (Wildman–Crippen MR) is 65.0 cm³/mol. The first-order valence-corrected chi connectivity index (χ1v) is 5.59. The summed E-state index contributed by atoms with van der Waals surface area (Å²) in [4.78, 5) is 10.8. The minimum atomic E-state index is -1.01. The maximum Gasteiger partial charge on any atom is 0.340 e. The number of aromatic carboxylic acids is 1. The molecule has 0 spiro atoms. The lowest BCUT2D eigenvalue weighted by molar-refractivity contribution is 0.0696. The van der Waals surface area contributed by atoms with Crippen LogP contribution in [0.2, 0.25) is 0 Å². The zero-order valence-corrected chi connectivity index (χ0v) is 10.8. The first kappa shape index (κ1) is 11.8. The van der Waals surface area contributed by atoms with Crippen molar-refractivity contribution in [2.45, 2.75) is 0 Å². The number of aromatic nitrogens is 4. The number of rotatable bonds is 3. The van der Waals surface area contributed by atoms with Crippen LogP contribution < -0.4 is 4.74 Å². The summed E-state index contributed by atoms with van der Waals surface area (Å²) in [7, 11) is 1.63. The monoisotopic (exact) mass is 346 g/mol. The summed E-state index contributed by atoms with van der Waals surface area (Å²) in [5.41, 5.74) is 0.149. The fourth-order valence-corrected chi connectivity index (χ4v) is 1.57. The number of tetrazole rings is 1. The van der Waals surface area contributed by atoms with Gasteiger partial charge in [0.2, 0.25) is 0 Å². The Bertz CT molecular complexity index is 569. The third-order valence-corrected chi connectivity index (χ3v) is 2.85. The predicted octanol–water partition coefficient (Wildman–Crippen LogP) is 1.31. The van der Waals surface area contributed by atoms with Crippen LogP contribution in [0.5, 0.6) is 11.8 Å². The summed E-state index contributed by atoms with van der Waals surface area (Å²) < 4.78 is 7.55. The molecule has 0 saturated heterocycles. The van der Waals surface area contributed by atoms with E-state index in [1.807, 2.05) is 22.6 Å². The van der Waals surface area contributed by atoms with Crippen molar-refractivity contribution >= 4 is 28.6 Å². The molecule has 1 aromatic carbocycles. The molecule has 2 aromatic rings. The molecule has 0 bridgehead atoms. The Kier molecular flexibility index (Phi) is 3.22. The highest BCUT2D eigenvalue weighted by atomic mass is 127. The maximum atomic E-state index is 10.8. The Labute approximate surface area is 110 Å². The topological polar surface area (TPSA) is 90.1 Å². The minimum Gasteiger partial charge on any atom is -0.478 e. The van der Waals surface area contributed by atoms with Crippen molar-refractivity contribution in [1.82, 2.24) is 20.2 Å². The number of hydrogen-bond acceptors (Lipinski definition) is 5. The lowest BCUT2D eigenvalue weighted by Crippen LogP contribution is -2.00. The minimum absolute atomic E-state index is 0.149. The Morgan fingerprint density at radius 3 is 2.88 bits per heavy atom. The van der Waals surface area contributed by atoms with Crippen LogP contribution >= 0.6 is 22.6 Å². The normalized spacial score (nSPS) is 10.2. The van der Waals surface area contributed by atoms with Gasteiger partial charge in [-0.2, -0.15) is 4.68 Å². The highest BCUT2D eigenvalue weighted by Crippen LogP contribution is 2.26. The summed E-state index contributed by atoms with van der Waals surface area (Å²) >= 11 is 2.04. The molecule has 7 nitrogen and oxygen atoms in total. The lowest BCUT2D eigenvalue weighted by Gasteiger charge is -2.06. The first-order valence-electron chi connectivity index (χ1n) is 4.51. The van der Waals surface area contributed by atoms with Gasteiger partial charge in [-0.05, 0) is 51.2 Å². The van der Waals surface area contributed by atoms with Gasteiger partial charge in [0, 0.05) is 7.05 Å². The number of carboxylic acid groups (broad SMARTS) is 1. The van der Waals surface area contributed by atoms with Crippen LogP contribution in [0.4, 0.5) is 0 Å². The van der Waals surface area contributed by atoms with E-state index in [2.05, 4.69) is 15.5 Å². The van der Waals surface area contributed by atoms with Crippen molar-refractivity contribution in [3.05, 3.63) is 27.3 Å². The van der Waals surface area contributed by atoms with Crippen LogP contribution in [-0.2, 0) is 7.05 Å². The van der Waals surface area contributed by atoms with E-state index in [-0.39, 0.29) is 11.6 Å². The van der Waals surface area contributed by atoms with E-state index in [1.165, 1.54) is 16.8 Å². The van der Waals surface area contributed by atoms with E-state index in [0.717, 1.165) is 3.57 Å². The number of benzene rings is 1. The zero-order valence-electron chi connectivity index (χ0n) is 8.66. The van der Waals surface area contributed by atoms with E-state index in [0.29, 0.717) is 5.75 Å². The molecule has 1 N–H and O–H groups in total. The van der Waals surface area contributed by atoms with Crippen molar-refractivity contribution < 1.29 is 14.6 Å². The lowest BCUT2D eigenvalue weighted by atomic mass is 10.2. The van der Waals surface area contributed by atoms with Gasteiger partial charge in [-0.25, -0.2) is 4.79 Å². The van der Waals surface area contributed by atoms with Gasteiger partial charge >= 0.3 is 12.0 Å².